The van der Waals surface area contributed by atoms with Crippen molar-refractivity contribution >= 4 is 0 Å². The van der Waals surface area contributed by atoms with Crippen LogP contribution < -0.4 is 4.74 Å². The summed E-state index contributed by atoms with van der Waals surface area (Å²) < 4.78 is 5.17. The molecule has 0 radical (unpaired) electrons. The number of methoxy groups -OCH3 is 1. The van der Waals surface area contributed by atoms with E-state index in [0.717, 1.165) is 11.4 Å². The van der Waals surface area contributed by atoms with Gasteiger partial charge in [-0.05, 0) is 37.3 Å². The highest BCUT2D eigenvalue weighted by Gasteiger charge is 2.34. The molecule has 2 unspecified atom stereocenters. The number of ether oxygens (including phenoxy) is 1. The quantitative estimate of drug-likeness (QED) is 0.841. The lowest BCUT2D eigenvalue weighted by Gasteiger charge is -2.36. The molecule has 0 bridgehead atoms. The molecule has 0 spiro atoms. The summed E-state index contributed by atoms with van der Waals surface area (Å²) in [6, 6.07) is 13.3. The van der Waals surface area contributed by atoms with E-state index in [9.17, 15) is 0 Å². The Morgan fingerprint density at radius 3 is 2.42 bits per heavy atom. The Balaban J connectivity index is 1.89. The maximum atomic E-state index is 5.17. The first kappa shape index (κ1) is 12.2. The maximum absolute atomic E-state index is 5.17. The van der Waals surface area contributed by atoms with E-state index in [2.05, 4.69) is 46.4 Å². The van der Waals surface area contributed by atoms with E-state index in [0.29, 0.717) is 17.8 Å². The molecule has 19 heavy (non-hydrogen) atoms. The molecule has 1 heterocycles. The molecule has 2 atom stereocenters. The highest BCUT2D eigenvalue weighted by molar-refractivity contribution is 5.30. The van der Waals surface area contributed by atoms with Crippen molar-refractivity contribution in [1.82, 2.24) is 9.97 Å². The Morgan fingerprint density at radius 2 is 1.79 bits per heavy atom. The molecular formula is C16H18N2O. The maximum Gasteiger partial charge on any atom is 0.316 e. The first-order valence-corrected chi connectivity index (χ1v) is 6.72. The number of aryl methyl sites for hydroxylation is 1. The summed E-state index contributed by atoms with van der Waals surface area (Å²) in [6.07, 6.45) is 2.43. The fourth-order valence-corrected chi connectivity index (χ4v) is 2.80. The predicted molar refractivity (Wildman–Crippen MR) is 74.5 cm³/mol. The van der Waals surface area contributed by atoms with Gasteiger partial charge in [0.1, 0.15) is 0 Å². The number of aromatic nitrogens is 2. The van der Waals surface area contributed by atoms with Crippen molar-refractivity contribution in [2.75, 3.05) is 7.11 Å². The molecule has 0 aliphatic heterocycles. The van der Waals surface area contributed by atoms with Crippen LogP contribution in [0.2, 0.25) is 0 Å². The first-order valence-electron chi connectivity index (χ1n) is 6.72. The second-order valence-electron chi connectivity index (χ2n) is 5.12. The molecular weight excluding hydrogens is 236 g/mol. The van der Waals surface area contributed by atoms with Gasteiger partial charge in [-0.25, -0.2) is 4.98 Å². The highest BCUT2D eigenvalue weighted by atomic mass is 16.5. The van der Waals surface area contributed by atoms with Crippen LogP contribution in [0.1, 0.15) is 41.6 Å². The van der Waals surface area contributed by atoms with Crippen molar-refractivity contribution in [3.63, 3.8) is 0 Å². The molecule has 1 fully saturated rings. The number of nitrogens with zero attached hydrogens (tertiary/aromatic N) is 2. The molecule has 1 aromatic heterocycles. The lowest BCUT2D eigenvalue weighted by atomic mass is 9.68. The predicted octanol–water partition coefficient (Wildman–Crippen LogP) is 3.45. The second kappa shape index (κ2) is 5.00. The van der Waals surface area contributed by atoms with Crippen molar-refractivity contribution in [1.29, 1.82) is 0 Å². The van der Waals surface area contributed by atoms with E-state index in [4.69, 9.17) is 4.74 Å². The molecule has 1 aliphatic rings. The smallest absolute Gasteiger partial charge is 0.316 e. The van der Waals surface area contributed by atoms with E-state index in [1.807, 2.05) is 6.92 Å². The van der Waals surface area contributed by atoms with Gasteiger partial charge in [-0.1, -0.05) is 30.3 Å². The zero-order chi connectivity index (χ0) is 13.2. The summed E-state index contributed by atoms with van der Waals surface area (Å²) in [6.45, 7) is 1.99. The van der Waals surface area contributed by atoms with Crippen LogP contribution in [0, 0.1) is 6.92 Å². The number of hydrogen-bond donors (Lipinski definition) is 0. The van der Waals surface area contributed by atoms with E-state index >= 15 is 0 Å². The van der Waals surface area contributed by atoms with Crippen LogP contribution in [0.25, 0.3) is 0 Å². The summed E-state index contributed by atoms with van der Waals surface area (Å²) in [5.41, 5.74) is 3.50. The average Bonchev–Trinajstić information content (AvgIpc) is 2.38. The van der Waals surface area contributed by atoms with Gasteiger partial charge in [0.05, 0.1) is 12.8 Å². The van der Waals surface area contributed by atoms with Crippen LogP contribution in [0.5, 0.6) is 6.01 Å². The fraction of sp³-hybridized carbons (Fsp3) is 0.375. The monoisotopic (exact) mass is 254 g/mol. The number of rotatable bonds is 3. The van der Waals surface area contributed by atoms with Crippen LogP contribution >= 0.6 is 0 Å². The molecule has 98 valence electrons. The third-order valence-electron chi connectivity index (χ3n) is 3.92. The average molecular weight is 254 g/mol. The Bertz CT molecular complexity index is 568. The van der Waals surface area contributed by atoms with Crippen LogP contribution in [0.15, 0.2) is 36.4 Å². The molecule has 1 aliphatic carbocycles. The highest BCUT2D eigenvalue weighted by Crippen LogP contribution is 2.48. The van der Waals surface area contributed by atoms with Crippen molar-refractivity contribution in [3.8, 4) is 6.01 Å². The largest absolute Gasteiger partial charge is 0.467 e. The molecule has 1 saturated carbocycles. The van der Waals surface area contributed by atoms with Gasteiger partial charge in [-0.3, -0.25) is 0 Å². The Morgan fingerprint density at radius 1 is 1.05 bits per heavy atom. The standard InChI is InChI=1S/C16H18N2O/c1-11-10-15(18-16(17-11)19-2)14-9-8-13(14)12-6-4-3-5-7-12/h3-7,10,13-14H,8-9H2,1-2H3. The van der Waals surface area contributed by atoms with Gasteiger partial charge < -0.3 is 4.74 Å². The van der Waals surface area contributed by atoms with Crippen molar-refractivity contribution in [2.24, 2.45) is 0 Å². The summed E-state index contributed by atoms with van der Waals surface area (Å²) in [5, 5.41) is 0. The van der Waals surface area contributed by atoms with Crippen LogP contribution in [0.3, 0.4) is 0 Å². The lowest BCUT2D eigenvalue weighted by molar-refractivity contribution is 0.328. The van der Waals surface area contributed by atoms with Gasteiger partial charge in [0.25, 0.3) is 0 Å². The first-order chi connectivity index (χ1) is 9.28. The topological polar surface area (TPSA) is 35.0 Å². The second-order valence-corrected chi connectivity index (χ2v) is 5.12. The summed E-state index contributed by atoms with van der Waals surface area (Å²) in [5.74, 6) is 1.08. The van der Waals surface area contributed by atoms with E-state index in [1.165, 1.54) is 18.4 Å². The fourth-order valence-electron chi connectivity index (χ4n) is 2.80. The molecule has 3 nitrogen and oxygen atoms in total. The minimum atomic E-state index is 0.480. The zero-order valence-electron chi connectivity index (χ0n) is 11.3. The van der Waals surface area contributed by atoms with E-state index < -0.39 is 0 Å². The normalized spacial score (nSPS) is 21.8. The summed E-state index contributed by atoms with van der Waals surface area (Å²) >= 11 is 0. The molecule has 0 N–H and O–H groups in total. The SMILES string of the molecule is COc1nc(C)cc(C2CCC2c2ccccc2)n1. The van der Waals surface area contributed by atoms with Gasteiger partial charge in [-0.2, -0.15) is 4.98 Å². The van der Waals surface area contributed by atoms with E-state index in [-0.39, 0.29) is 0 Å². The van der Waals surface area contributed by atoms with Gasteiger partial charge >= 0.3 is 6.01 Å². The van der Waals surface area contributed by atoms with Crippen LogP contribution in [0.4, 0.5) is 0 Å². The minimum absolute atomic E-state index is 0.480. The third-order valence-corrected chi connectivity index (χ3v) is 3.92. The van der Waals surface area contributed by atoms with E-state index in [1.54, 1.807) is 7.11 Å². The van der Waals surface area contributed by atoms with Gasteiger partial charge in [-0.15, -0.1) is 0 Å². The molecule has 0 saturated heterocycles. The van der Waals surface area contributed by atoms with Crippen molar-refractivity contribution in [2.45, 2.75) is 31.6 Å². The van der Waals surface area contributed by atoms with Gasteiger partial charge in [0, 0.05) is 11.6 Å². The lowest BCUT2D eigenvalue weighted by Crippen LogP contribution is -2.23. The van der Waals surface area contributed by atoms with Crippen molar-refractivity contribution in [3.05, 3.63) is 53.3 Å². The molecule has 1 aromatic carbocycles. The number of hydrogen-bond acceptors (Lipinski definition) is 3. The summed E-state index contributed by atoms with van der Waals surface area (Å²) in [4.78, 5) is 8.77. The molecule has 0 amide bonds. The Kier molecular flexibility index (Phi) is 3.20. The minimum Gasteiger partial charge on any atom is -0.467 e. The van der Waals surface area contributed by atoms with Crippen molar-refractivity contribution < 1.29 is 4.74 Å². The van der Waals surface area contributed by atoms with Gasteiger partial charge in [0.2, 0.25) is 0 Å². The summed E-state index contributed by atoms with van der Waals surface area (Å²) in [7, 11) is 1.62. The van der Waals surface area contributed by atoms with Crippen LogP contribution in [-0.2, 0) is 0 Å². The zero-order valence-corrected chi connectivity index (χ0v) is 11.3. The molecule has 2 aromatic rings. The number of benzene rings is 1. The van der Waals surface area contributed by atoms with Gasteiger partial charge in [0.15, 0.2) is 0 Å². The third kappa shape index (κ3) is 2.33. The molecule has 3 rings (SSSR count). The Hall–Kier alpha value is -1.90. The molecule has 3 heteroatoms. The van der Waals surface area contributed by atoms with Crippen LogP contribution in [-0.4, -0.2) is 17.1 Å². The Labute approximate surface area is 113 Å².